The summed E-state index contributed by atoms with van der Waals surface area (Å²) in [7, 11) is 0. The number of benzene rings is 1. The first-order valence-corrected chi connectivity index (χ1v) is 6.01. The first-order valence-electron chi connectivity index (χ1n) is 6.01. The lowest BCUT2D eigenvalue weighted by Gasteiger charge is -2.10. The zero-order chi connectivity index (χ0) is 15.2. The fourth-order valence-corrected chi connectivity index (χ4v) is 1.56. The van der Waals surface area contributed by atoms with Crippen LogP contribution in [0.1, 0.15) is 5.69 Å². The number of hydrogen-bond acceptors (Lipinski definition) is 4. The molecule has 1 aromatic carbocycles. The number of halogens is 2. The normalized spacial score (nSPS) is 10.3. The van der Waals surface area contributed by atoms with E-state index in [2.05, 4.69) is 15.0 Å². The van der Waals surface area contributed by atoms with E-state index in [4.69, 9.17) is 4.74 Å². The number of amides is 1. The number of nitrogens with zero attached hydrogens (tertiary/aromatic N) is 1. The Kier molecular flexibility index (Phi) is 4.65. The number of para-hydroxylation sites is 1. The summed E-state index contributed by atoms with van der Waals surface area (Å²) >= 11 is 0. The molecule has 0 saturated carbocycles. The van der Waals surface area contributed by atoms with Crippen LogP contribution in [-0.4, -0.2) is 17.7 Å². The van der Waals surface area contributed by atoms with Gasteiger partial charge in [-0.05, 0) is 25.1 Å². The number of ether oxygens (including phenoxy) is 2. The topological polar surface area (TPSA) is 60.5 Å². The molecular weight excluding hydrogens is 282 g/mol. The zero-order valence-corrected chi connectivity index (χ0v) is 11.0. The van der Waals surface area contributed by atoms with E-state index in [1.807, 2.05) is 0 Å². The van der Waals surface area contributed by atoms with Crippen LogP contribution >= 0.6 is 0 Å². The minimum absolute atomic E-state index is 0.218. The second-order valence-electron chi connectivity index (χ2n) is 3.99. The summed E-state index contributed by atoms with van der Waals surface area (Å²) in [6.07, 6.45) is -0.700. The Bertz CT molecular complexity index is 621. The van der Waals surface area contributed by atoms with Gasteiger partial charge in [0.2, 0.25) is 5.88 Å². The monoisotopic (exact) mass is 294 g/mol. The molecule has 0 bridgehead atoms. The Morgan fingerprint density at radius 1 is 1.19 bits per heavy atom. The number of alkyl halides is 2. The number of pyridine rings is 1. The highest BCUT2D eigenvalue weighted by Gasteiger charge is 2.11. The average Bonchev–Trinajstić information content (AvgIpc) is 2.42. The molecule has 0 spiro atoms. The molecule has 0 aliphatic heterocycles. The molecule has 2 rings (SSSR count). The molecule has 1 heterocycles. The summed E-state index contributed by atoms with van der Waals surface area (Å²) in [6.45, 7) is -1.39. The van der Waals surface area contributed by atoms with Gasteiger partial charge in [-0.1, -0.05) is 18.2 Å². The molecule has 5 nitrogen and oxygen atoms in total. The maximum Gasteiger partial charge on any atom is 0.417 e. The molecule has 0 radical (unpaired) electrons. The van der Waals surface area contributed by atoms with E-state index in [1.54, 1.807) is 37.3 Å². The van der Waals surface area contributed by atoms with Gasteiger partial charge in [0.15, 0.2) is 0 Å². The highest BCUT2D eigenvalue weighted by molar-refractivity contribution is 5.86. The molecule has 1 N–H and O–H groups in total. The van der Waals surface area contributed by atoms with Crippen LogP contribution in [0.15, 0.2) is 42.5 Å². The molecule has 0 atom stereocenters. The Labute approximate surface area is 119 Å². The predicted molar refractivity (Wildman–Crippen MR) is 71.7 cm³/mol. The summed E-state index contributed by atoms with van der Waals surface area (Å²) in [5, 5.41) is 2.47. The Morgan fingerprint density at radius 2 is 1.90 bits per heavy atom. The van der Waals surface area contributed by atoms with Crippen LogP contribution in [0.5, 0.6) is 11.6 Å². The van der Waals surface area contributed by atoms with E-state index in [9.17, 15) is 13.6 Å². The SMILES string of the molecule is Cc1nc(OC(F)F)ccc1NC(=O)Oc1ccccc1. The number of rotatable bonds is 4. The zero-order valence-electron chi connectivity index (χ0n) is 11.0. The number of carbonyl (C=O) groups is 1. The van der Waals surface area contributed by atoms with Gasteiger partial charge in [-0.25, -0.2) is 9.78 Å². The third-order valence-electron chi connectivity index (χ3n) is 2.46. The predicted octanol–water partition coefficient (Wildman–Crippen LogP) is 3.60. The lowest BCUT2D eigenvalue weighted by Crippen LogP contribution is -2.17. The van der Waals surface area contributed by atoms with Gasteiger partial charge in [0.1, 0.15) is 5.75 Å². The van der Waals surface area contributed by atoms with E-state index in [0.717, 1.165) is 0 Å². The summed E-state index contributed by atoms with van der Waals surface area (Å²) < 4.78 is 33.3. The molecule has 2 aromatic rings. The van der Waals surface area contributed by atoms with Crippen LogP contribution in [0.4, 0.5) is 19.3 Å². The summed E-state index contributed by atoms with van der Waals surface area (Å²) in [5.41, 5.74) is 0.677. The molecule has 0 saturated heterocycles. The Balaban J connectivity index is 2.01. The van der Waals surface area contributed by atoms with Crippen LogP contribution in [0.25, 0.3) is 0 Å². The number of anilines is 1. The highest BCUT2D eigenvalue weighted by atomic mass is 19.3. The van der Waals surface area contributed by atoms with Gasteiger partial charge in [0, 0.05) is 6.07 Å². The van der Waals surface area contributed by atoms with Crippen molar-refractivity contribution in [1.29, 1.82) is 0 Å². The minimum Gasteiger partial charge on any atom is -0.417 e. The fraction of sp³-hybridized carbons (Fsp3) is 0.143. The number of nitrogens with one attached hydrogen (secondary N) is 1. The Morgan fingerprint density at radius 3 is 2.52 bits per heavy atom. The van der Waals surface area contributed by atoms with Gasteiger partial charge in [-0.15, -0.1) is 0 Å². The van der Waals surface area contributed by atoms with E-state index >= 15 is 0 Å². The third-order valence-corrected chi connectivity index (χ3v) is 2.46. The number of carbonyl (C=O) groups excluding carboxylic acids is 1. The van der Waals surface area contributed by atoms with Gasteiger partial charge in [0.25, 0.3) is 0 Å². The molecule has 0 fully saturated rings. The third kappa shape index (κ3) is 4.41. The molecular formula is C14H12F2N2O3. The summed E-state index contributed by atoms with van der Waals surface area (Å²) in [4.78, 5) is 15.5. The van der Waals surface area contributed by atoms with Crippen LogP contribution in [0.2, 0.25) is 0 Å². The second-order valence-corrected chi connectivity index (χ2v) is 3.99. The van der Waals surface area contributed by atoms with Crippen LogP contribution < -0.4 is 14.8 Å². The molecule has 7 heteroatoms. The lowest BCUT2D eigenvalue weighted by molar-refractivity contribution is -0.0529. The van der Waals surface area contributed by atoms with Crippen LogP contribution in [0, 0.1) is 6.92 Å². The van der Waals surface area contributed by atoms with Crippen molar-refractivity contribution < 1.29 is 23.0 Å². The molecule has 0 aliphatic carbocycles. The molecule has 1 amide bonds. The Hall–Kier alpha value is -2.70. The first-order chi connectivity index (χ1) is 10.0. The molecule has 1 aromatic heterocycles. The fourth-order valence-electron chi connectivity index (χ4n) is 1.56. The smallest absolute Gasteiger partial charge is 0.417 e. The van der Waals surface area contributed by atoms with Crippen molar-refractivity contribution in [2.75, 3.05) is 5.32 Å². The van der Waals surface area contributed by atoms with Gasteiger partial charge >= 0.3 is 12.7 Å². The summed E-state index contributed by atoms with van der Waals surface area (Å²) in [6, 6.07) is 11.1. The van der Waals surface area contributed by atoms with Gasteiger partial charge in [-0.3, -0.25) is 5.32 Å². The van der Waals surface area contributed by atoms with Crippen molar-refractivity contribution in [2.24, 2.45) is 0 Å². The average molecular weight is 294 g/mol. The van der Waals surface area contributed by atoms with Gasteiger partial charge in [-0.2, -0.15) is 8.78 Å². The standard InChI is InChI=1S/C14H12F2N2O3/c1-9-11(7-8-12(17-9)21-13(15)16)18-14(19)20-10-5-3-2-4-6-10/h2-8,13H,1H3,(H,18,19). The second kappa shape index (κ2) is 6.65. The molecule has 0 aliphatic rings. The van der Waals surface area contributed by atoms with Crippen molar-refractivity contribution >= 4 is 11.8 Å². The van der Waals surface area contributed by atoms with Gasteiger partial charge in [0.05, 0.1) is 11.4 Å². The minimum atomic E-state index is -2.95. The van der Waals surface area contributed by atoms with E-state index in [1.165, 1.54) is 12.1 Å². The highest BCUT2D eigenvalue weighted by Crippen LogP contribution is 2.19. The van der Waals surface area contributed by atoms with E-state index in [-0.39, 0.29) is 5.88 Å². The number of aromatic nitrogens is 1. The lowest BCUT2D eigenvalue weighted by atomic mass is 10.3. The quantitative estimate of drug-likeness (QED) is 0.936. The van der Waals surface area contributed by atoms with Crippen molar-refractivity contribution in [1.82, 2.24) is 4.98 Å². The first kappa shape index (κ1) is 14.7. The van der Waals surface area contributed by atoms with E-state index < -0.39 is 12.7 Å². The summed E-state index contributed by atoms with van der Waals surface area (Å²) in [5.74, 6) is 0.169. The molecule has 0 unspecified atom stereocenters. The maximum atomic E-state index is 12.1. The van der Waals surface area contributed by atoms with Crippen molar-refractivity contribution in [3.8, 4) is 11.6 Å². The molecule has 110 valence electrons. The van der Waals surface area contributed by atoms with Crippen molar-refractivity contribution in [3.05, 3.63) is 48.2 Å². The van der Waals surface area contributed by atoms with Crippen molar-refractivity contribution in [3.63, 3.8) is 0 Å². The molecule has 21 heavy (non-hydrogen) atoms. The maximum absolute atomic E-state index is 12.1. The largest absolute Gasteiger partial charge is 0.417 e. The van der Waals surface area contributed by atoms with E-state index in [0.29, 0.717) is 17.1 Å². The van der Waals surface area contributed by atoms with Crippen LogP contribution in [0.3, 0.4) is 0 Å². The van der Waals surface area contributed by atoms with Crippen molar-refractivity contribution in [2.45, 2.75) is 13.5 Å². The number of hydrogen-bond donors (Lipinski definition) is 1. The van der Waals surface area contributed by atoms with Gasteiger partial charge < -0.3 is 9.47 Å². The van der Waals surface area contributed by atoms with Crippen LogP contribution in [-0.2, 0) is 0 Å². The number of aryl methyl sites for hydroxylation is 1.